The smallest absolute Gasteiger partial charge is 0.124 e. The highest BCUT2D eigenvalue weighted by Crippen LogP contribution is 2.37. The molecule has 2 N–H and O–H groups in total. The summed E-state index contributed by atoms with van der Waals surface area (Å²) in [5.41, 5.74) is 5.57. The van der Waals surface area contributed by atoms with E-state index in [0.717, 1.165) is 10.1 Å². The van der Waals surface area contributed by atoms with Crippen LogP contribution in [0.5, 0.6) is 0 Å². The molecule has 4 heteroatoms. The minimum Gasteiger partial charge on any atom is -0.389 e. The zero-order chi connectivity index (χ0) is 8.72. The summed E-state index contributed by atoms with van der Waals surface area (Å²) in [4.78, 5) is 0. The molecule has 0 amide bonds. The molecule has 0 fully saturated rings. The molecule has 0 aliphatic carbocycles. The van der Waals surface area contributed by atoms with E-state index in [0.29, 0.717) is 10.0 Å². The summed E-state index contributed by atoms with van der Waals surface area (Å²) >= 11 is 7.16. The summed E-state index contributed by atoms with van der Waals surface area (Å²) in [6, 6.07) is 4.45. The topological polar surface area (TPSA) is 26.0 Å². The molecule has 1 nitrogen and oxygen atoms in total. The Hall–Kier alpha value is -0.800. The average molecular weight is 202 g/mol. The Kier molecular flexibility index (Phi) is 1.70. The molecule has 1 heterocycles. The Morgan fingerprint density at radius 1 is 1.42 bits per heavy atom. The van der Waals surface area contributed by atoms with Crippen LogP contribution in [-0.4, -0.2) is 0 Å². The van der Waals surface area contributed by atoms with Gasteiger partial charge in [-0.25, -0.2) is 4.39 Å². The Labute approximate surface area is 77.6 Å². The molecular formula is C8H5ClFNS. The molecule has 1 aromatic carbocycles. The van der Waals surface area contributed by atoms with Crippen LogP contribution in [0.2, 0.25) is 5.02 Å². The molecule has 12 heavy (non-hydrogen) atoms. The molecule has 0 atom stereocenters. The maximum atomic E-state index is 12.7. The van der Waals surface area contributed by atoms with Crippen LogP contribution in [0.25, 0.3) is 10.1 Å². The number of nitrogen functional groups attached to an aromatic ring is 1. The van der Waals surface area contributed by atoms with Gasteiger partial charge in [0.25, 0.3) is 0 Å². The van der Waals surface area contributed by atoms with E-state index >= 15 is 0 Å². The van der Waals surface area contributed by atoms with Crippen LogP contribution in [-0.2, 0) is 0 Å². The summed E-state index contributed by atoms with van der Waals surface area (Å²) in [7, 11) is 0. The molecule has 0 saturated carbocycles. The van der Waals surface area contributed by atoms with Crippen molar-refractivity contribution in [1.29, 1.82) is 0 Å². The average Bonchev–Trinajstić information content (AvgIpc) is 2.28. The molecular weight excluding hydrogens is 197 g/mol. The van der Waals surface area contributed by atoms with Gasteiger partial charge in [0.05, 0.1) is 5.02 Å². The lowest BCUT2D eigenvalue weighted by Gasteiger charge is -1.89. The van der Waals surface area contributed by atoms with Crippen molar-refractivity contribution in [3.8, 4) is 0 Å². The molecule has 0 aliphatic rings. The number of anilines is 1. The summed E-state index contributed by atoms with van der Waals surface area (Å²) in [6.45, 7) is 0. The zero-order valence-electron chi connectivity index (χ0n) is 5.97. The predicted octanol–water partition coefficient (Wildman–Crippen LogP) is 3.28. The van der Waals surface area contributed by atoms with Crippen molar-refractivity contribution in [1.82, 2.24) is 0 Å². The van der Waals surface area contributed by atoms with E-state index in [9.17, 15) is 4.39 Å². The third-order valence-corrected chi connectivity index (χ3v) is 3.12. The van der Waals surface area contributed by atoms with E-state index in [1.54, 1.807) is 6.07 Å². The van der Waals surface area contributed by atoms with Crippen molar-refractivity contribution >= 4 is 38.0 Å². The van der Waals surface area contributed by atoms with Crippen LogP contribution >= 0.6 is 22.9 Å². The zero-order valence-corrected chi connectivity index (χ0v) is 7.55. The first-order valence-corrected chi connectivity index (χ1v) is 4.51. The van der Waals surface area contributed by atoms with Gasteiger partial charge in [-0.3, -0.25) is 0 Å². The highest BCUT2D eigenvalue weighted by molar-refractivity contribution is 7.23. The van der Waals surface area contributed by atoms with Crippen molar-refractivity contribution in [2.75, 3.05) is 5.73 Å². The molecule has 0 aliphatic heterocycles. The molecule has 2 aromatic rings. The summed E-state index contributed by atoms with van der Waals surface area (Å²) in [5.74, 6) is -0.264. The van der Waals surface area contributed by atoms with Gasteiger partial charge in [0.15, 0.2) is 0 Å². The van der Waals surface area contributed by atoms with Gasteiger partial charge in [-0.05, 0) is 18.2 Å². The number of nitrogens with two attached hydrogens (primary N) is 1. The summed E-state index contributed by atoms with van der Waals surface area (Å²) in [5, 5.41) is 1.88. The fourth-order valence-electron chi connectivity index (χ4n) is 1.06. The molecule has 0 radical (unpaired) electrons. The first-order chi connectivity index (χ1) is 5.68. The van der Waals surface area contributed by atoms with Crippen LogP contribution < -0.4 is 5.73 Å². The van der Waals surface area contributed by atoms with Crippen LogP contribution in [0.3, 0.4) is 0 Å². The normalized spacial score (nSPS) is 10.8. The summed E-state index contributed by atoms with van der Waals surface area (Å²) in [6.07, 6.45) is 0. The van der Waals surface area contributed by atoms with Gasteiger partial charge >= 0.3 is 0 Å². The maximum Gasteiger partial charge on any atom is 0.124 e. The highest BCUT2D eigenvalue weighted by Gasteiger charge is 2.07. The van der Waals surface area contributed by atoms with E-state index in [4.69, 9.17) is 17.3 Å². The number of halogens is 2. The quantitative estimate of drug-likeness (QED) is 0.696. The van der Waals surface area contributed by atoms with Crippen LogP contribution in [0.4, 0.5) is 9.39 Å². The second-order valence-corrected chi connectivity index (χ2v) is 3.88. The number of fused-ring (bicyclic) bond motifs is 1. The van der Waals surface area contributed by atoms with Gasteiger partial charge in [0, 0.05) is 10.1 Å². The first kappa shape index (κ1) is 7.83. The van der Waals surface area contributed by atoms with E-state index in [1.165, 1.54) is 23.5 Å². The molecule has 0 bridgehead atoms. The second-order valence-electron chi connectivity index (χ2n) is 2.42. The van der Waals surface area contributed by atoms with Gasteiger partial charge in [0.1, 0.15) is 10.8 Å². The monoisotopic (exact) mass is 201 g/mol. The Bertz CT molecular complexity index is 438. The molecule has 0 spiro atoms. The number of thiophene rings is 1. The largest absolute Gasteiger partial charge is 0.389 e. The van der Waals surface area contributed by atoms with Gasteiger partial charge in [-0.15, -0.1) is 11.3 Å². The second kappa shape index (κ2) is 2.61. The van der Waals surface area contributed by atoms with E-state index in [2.05, 4.69) is 0 Å². The van der Waals surface area contributed by atoms with Gasteiger partial charge in [-0.2, -0.15) is 0 Å². The minimum atomic E-state index is -0.264. The molecule has 0 saturated heterocycles. The molecule has 1 aromatic heterocycles. The molecule has 2 rings (SSSR count). The van der Waals surface area contributed by atoms with Gasteiger partial charge in [-0.1, -0.05) is 11.6 Å². The summed E-state index contributed by atoms with van der Waals surface area (Å²) < 4.78 is 13.5. The van der Waals surface area contributed by atoms with Crippen molar-refractivity contribution in [2.45, 2.75) is 0 Å². The lowest BCUT2D eigenvalue weighted by Crippen LogP contribution is -1.76. The van der Waals surface area contributed by atoms with Gasteiger partial charge in [0.2, 0.25) is 0 Å². The minimum absolute atomic E-state index is 0.264. The standard InChI is InChI=1S/C8H5ClFNS/c9-7-5-2-1-4(10)3-6(5)12-8(7)11/h1-3H,11H2. The third kappa shape index (κ3) is 1.06. The van der Waals surface area contributed by atoms with E-state index in [1.807, 2.05) is 0 Å². The van der Waals surface area contributed by atoms with Crippen molar-refractivity contribution < 1.29 is 4.39 Å². The Morgan fingerprint density at radius 2 is 2.17 bits per heavy atom. The third-order valence-electron chi connectivity index (χ3n) is 1.62. The van der Waals surface area contributed by atoms with Crippen molar-refractivity contribution in [2.24, 2.45) is 0 Å². The lowest BCUT2D eigenvalue weighted by molar-refractivity contribution is 0.630. The van der Waals surface area contributed by atoms with Crippen molar-refractivity contribution in [3.05, 3.63) is 29.0 Å². The number of rotatable bonds is 0. The van der Waals surface area contributed by atoms with Crippen LogP contribution in [0, 0.1) is 5.82 Å². The Morgan fingerprint density at radius 3 is 2.92 bits per heavy atom. The van der Waals surface area contributed by atoms with Crippen LogP contribution in [0.1, 0.15) is 0 Å². The SMILES string of the molecule is Nc1sc2cc(F)ccc2c1Cl. The predicted molar refractivity (Wildman–Crippen MR) is 51.2 cm³/mol. The lowest BCUT2D eigenvalue weighted by atomic mass is 10.2. The fourth-order valence-corrected chi connectivity index (χ4v) is 2.28. The fraction of sp³-hybridized carbons (Fsp3) is 0. The number of hydrogen-bond donors (Lipinski definition) is 1. The number of benzene rings is 1. The van der Waals surface area contributed by atoms with Crippen molar-refractivity contribution in [3.63, 3.8) is 0 Å². The molecule has 0 unspecified atom stereocenters. The maximum absolute atomic E-state index is 12.7. The van der Waals surface area contributed by atoms with E-state index < -0.39 is 0 Å². The van der Waals surface area contributed by atoms with Gasteiger partial charge < -0.3 is 5.73 Å². The Balaban J connectivity index is 2.87. The van der Waals surface area contributed by atoms with E-state index in [-0.39, 0.29) is 5.82 Å². The first-order valence-electron chi connectivity index (χ1n) is 3.31. The number of hydrogen-bond acceptors (Lipinski definition) is 2. The highest BCUT2D eigenvalue weighted by atomic mass is 35.5. The van der Waals surface area contributed by atoms with Crippen LogP contribution in [0.15, 0.2) is 18.2 Å². The molecule has 62 valence electrons.